The number of benzene rings is 1. The van der Waals surface area contributed by atoms with E-state index in [0.717, 1.165) is 38.5 Å². The Morgan fingerprint density at radius 2 is 2.00 bits per heavy atom. The lowest BCUT2D eigenvalue weighted by Crippen LogP contribution is -2.28. The molecule has 0 heterocycles. The molecule has 0 radical (unpaired) electrons. The van der Waals surface area contributed by atoms with Gasteiger partial charge in [-0.15, -0.1) is 6.42 Å². The molecule has 2 nitrogen and oxygen atoms in total. The van der Waals surface area contributed by atoms with E-state index in [4.69, 9.17) is 6.42 Å². The highest BCUT2D eigenvalue weighted by atomic mass is 15.1. The molecule has 0 aliphatic heterocycles. The maximum absolute atomic E-state index is 5.53. The molecule has 21 heavy (non-hydrogen) atoms. The molecule has 0 unspecified atom stereocenters. The van der Waals surface area contributed by atoms with Crippen LogP contribution in [-0.2, 0) is 13.0 Å². The van der Waals surface area contributed by atoms with Crippen molar-refractivity contribution in [3.05, 3.63) is 35.4 Å². The van der Waals surface area contributed by atoms with Crippen molar-refractivity contribution in [2.45, 2.75) is 45.7 Å². The van der Waals surface area contributed by atoms with Crippen molar-refractivity contribution in [3.63, 3.8) is 0 Å². The molecule has 2 rings (SSSR count). The molecule has 1 saturated carbocycles. The van der Waals surface area contributed by atoms with Crippen molar-refractivity contribution in [1.29, 1.82) is 0 Å². The molecule has 0 saturated heterocycles. The molecule has 1 N–H and O–H groups in total. The van der Waals surface area contributed by atoms with Crippen LogP contribution >= 0.6 is 0 Å². The lowest BCUT2D eigenvalue weighted by atomic mass is 10.0. The number of terminal acetylenes is 1. The number of nitrogens with zero attached hydrogens (tertiary/aromatic N) is 1. The molecule has 0 spiro atoms. The molecule has 0 bridgehead atoms. The summed E-state index contributed by atoms with van der Waals surface area (Å²) in [5, 5.41) is 3.50. The van der Waals surface area contributed by atoms with Gasteiger partial charge in [0.15, 0.2) is 0 Å². The molecule has 0 amide bonds. The Kier molecular flexibility index (Phi) is 6.29. The predicted molar refractivity (Wildman–Crippen MR) is 90.1 cm³/mol. The van der Waals surface area contributed by atoms with E-state index in [9.17, 15) is 0 Å². The minimum absolute atomic E-state index is 0.546. The van der Waals surface area contributed by atoms with E-state index < -0.39 is 0 Å². The summed E-state index contributed by atoms with van der Waals surface area (Å²) in [6.07, 6.45) is 9.37. The second-order valence-electron chi connectivity index (χ2n) is 6.44. The van der Waals surface area contributed by atoms with Gasteiger partial charge in [0.25, 0.3) is 0 Å². The van der Waals surface area contributed by atoms with E-state index in [0.29, 0.717) is 6.04 Å². The average molecular weight is 284 g/mol. The van der Waals surface area contributed by atoms with Gasteiger partial charge in [0, 0.05) is 19.1 Å². The standard InChI is InChI=1S/C19H28N2/c1-4-13-21(14-17-9-10-17)15-19-8-6-5-7-18(19)11-12-20-16(2)3/h1,5-8,16-17,20H,9-15H2,2-3H3. The summed E-state index contributed by atoms with van der Waals surface area (Å²) in [6.45, 7) is 8.31. The third kappa shape index (κ3) is 5.91. The van der Waals surface area contributed by atoms with Crippen LogP contribution < -0.4 is 5.32 Å². The molecule has 0 aromatic heterocycles. The second kappa shape index (κ2) is 8.22. The van der Waals surface area contributed by atoms with Crippen LogP contribution in [0.4, 0.5) is 0 Å². The zero-order valence-electron chi connectivity index (χ0n) is 13.4. The lowest BCUT2D eigenvalue weighted by Gasteiger charge is -2.21. The first kappa shape index (κ1) is 16.1. The number of hydrogen-bond acceptors (Lipinski definition) is 2. The van der Waals surface area contributed by atoms with Gasteiger partial charge in [-0.25, -0.2) is 0 Å². The van der Waals surface area contributed by atoms with Crippen molar-refractivity contribution < 1.29 is 0 Å². The summed E-state index contributed by atoms with van der Waals surface area (Å²) < 4.78 is 0. The highest BCUT2D eigenvalue weighted by Gasteiger charge is 2.24. The number of hydrogen-bond donors (Lipinski definition) is 1. The van der Waals surface area contributed by atoms with E-state index >= 15 is 0 Å². The van der Waals surface area contributed by atoms with Crippen LogP contribution in [0, 0.1) is 18.3 Å². The first-order valence-corrected chi connectivity index (χ1v) is 8.15. The Hall–Kier alpha value is -1.30. The SMILES string of the molecule is C#CCN(Cc1ccccc1CCNC(C)C)CC1CC1. The van der Waals surface area contributed by atoms with Crippen molar-refractivity contribution in [3.8, 4) is 12.3 Å². The topological polar surface area (TPSA) is 15.3 Å². The van der Waals surface area contributed by atoms with Crippen molar-refractivity contribution in [2.24, 2.45) is 5.92 Å². The molecular formula is C19H28N2. The molecule has 2 heteroatoms. The Morgan fingerprint density at radius 3 is 2.62 bits per heavy atom. The molecule has 0 atom stereocenters. The monoisotopic (exact) mass is 284 g/mol. The van der Waals surface area contributed by atoms with Gasteiger partial charge in [-0.1, -0.05) is 44.0 Å². The van der Waals surface area contributed by atoms with Crippen molar-refractivity contribution in [2.75, 3.05) is 19.6 Å². The fourth-order valence-electron chi connectivity index (χ4n) is 2.67. The Balaban J connectivity index is 1.95. The van der Waals surface area contributed by atoms with Gasteiger partial charge in [0.05, 0.1) is 6.54 Å². The summed E-state index contributed by atoms with van der Waals surface area (Å²) in [5.41, 5.74) is 2.88. The normalized spacial score (nSPS) is 14.6. The minimum Gasteiger partial charge on any atom is -0.314 e. The van der Waals surface area contributed by atoms with Crippen LogP contribution in [0.2, 0.25) is 0 Å². The highest BCUT2D eigenvalue weighted by molar-refractivity contribution is 5.27. The summed E-state index contributed by atoms with van der Waals surface area (Å²) in [7, 11) is 0. The summed E-state index contributed by atoms with van der Waals surface area (Å²) in [5.74, 6) is 3.69. The average Bonchev–Trinajstić information content (AvgIpc) is 3.24. The molecule has 1 aromatic rings. The van der Waals surface area contributed by atoms with E-state index in [-0.39, 0.29) is 0 Å². The van der Waals surface area contributed by atoms with Crippen LogP contribution in [0.1, 0.15) is 37.8 Å². The number of rotatable bonds is 9. The molecule has 1 aromatic carbocycles. The maximum Gasteiger partial charge on any atom is 0.0601 e. The molecule has 114 valence electrons. The third-order valence-electron chi connectivity index (χ3n) is 3.99. The quantitative estimate of drug-likeness (QED) is 0.701. The fraction of sp³-hybridized carbons (Fsp3) is 0.579. The van der Waals surface area contributed by atoms with Crippen LogP contribution in [-0.4, -0.2) is 30.6 Å². The summed E-state index contributed by atoms with van der Waals surface area (Å²) in [4.78, 5) is 2.42. The Bertz CT molecular complexity index is 469. The zero-order valence-corrected chi connectivity index (χ0v) is 13.4. The highest BCUT2D eigenvalue weighted by Crippen LogP contribution is 2.30. The first-order valence-electron chi connectivity index (χ1n) is 8.15. The smallest absolute Gasteiger partial charge is 0.0601 e. The minimum atomic E-state index is 0.546. The van der Waals surface area contributed by atoms with Gasteiger partial charge < -0.3 is 5.32 Å². The fourth-order valence-corrected chi connectivity index (χ4v) is 2.67. The summed E-state index contributed by atoms with van der Waals surface area (Å²) >= 11 is 0. The van der Waals surface area contributed by atoms with Gasteiger partial charge in [-0.05, 0) is 42.9 Å². The maximum atomic E-state index is 5.53. The van der Waals surface area contributed by atoms with Gasteiger partial charge in [0.1, 0.15) is 0 Å². The lowest BCUT2D eigenvalue weighted by molar-refractivity contribution is 0.285. The van der Waals surface area contributed by atoms with E-state index in [1.807, 2.05) is 0 Å². The van der Waals surface area contributed by atoms with Gasteiger partial charge in [-0.2, -0.15) is 0 Å². The van der Waals surface area contributed by atoms with Crippen molar-refractivity contribution in [1.82, 2.24) is 10.2 Å². The van der Waals surface area contributed by atoms with E-state index in [1.54, 1.807) is 0 Å². The van der Waals surface area contributed by atoms with Crippen LogP contribution in [0.5, 0.6) is 0 Å². The number of nitrogens with one attached hydrogen (secondary N) is 1. The Morgan fingerprint density at radius 1 is 1.29 bits per heavy atom. The second-order valence-corrected chi connectivity index (χ2v) is 6.44. The zero-order chi connectivity index (χ0) is 15.1. The van der Waals surface area contributed by atoms with E-state index in [2.05, 4.69) is 54.3 Å². The van der Waals surface area contributed by atoms with Gasteiger partial charge >= 0.3 is 0 Å². The van der Waals surface area contributed by atoms with Crippen molar-refractivity contribution >= 4 is 0 Å². The molecular weight excluding hydrogens is 256 g/mol. The largest absolute Gasteiger partial charge is 0.314 e. The van der Waals surface area contributed by atoms with Crippen LogP contribution in [0.15, 0.2) is 24.3 Å². The van der Waals surface area contributed by atoms with Crippen LogP contribution in [0.25, 0.3) is 0 Å². The third-order valence-corrected chi connectivity index (χ3v) is 3.99. The molecule has 1 fully saturated rings. The van der Waals surface area contributed by atoms with E-state index in [1.165, 1.54) is 24.0 Å². The molecule has 1 aliphatic rings. The van der Waals surface area contributed by atoms with Crippen LogP contribution in [0.3, 0.4) is 0 Å². The predicted octanol–water partition coefficient (Wildman–Crippen LogP) is 3.07. The first-order chi connectivity index (χ1) is 10.2. The Labute approximate surface area is 129 Å². The molecule has 1 aliphatic carbocycles. The van der Waals surface area contributed by atoms with Gasteiger partial charge in [0.2, 0.25) is 0 Å². The summed E-state index contributed by atoms with van der Waals surface area (Å²) in [6, 6.07) is 9.33. The van der Waals surface area contributed by atoms with Gasteiger partial charge in [-0.3, -0.25) is 4.90 Å².